The van der Waals surface area contributed by atoms with Crippen LogP contribution in [-0.4, -0.2) is 34.5 Å². The summed E-state index contributed by atoms with van der Waals surface area (Å²) < 4.78 is 13.8. The van der Waals surface area contributed by atoms with Crippen LogP contribution in [0.4, 0.5) is 5.69 Å². The minimum absolute atomic E-state index is 0.0392. The summed E-state index contributed by atoms with van der Waals surface area (Å²) in [5.74, 6) is 0.882. The molecule has 0 aliphatic carbocycles. The van der Waals surface area contributed by atoms with Crippen molar-refractivity contribution in [2.75, 3.05) is 19.5 Å². The van der Waals surface area contributed by atoms with E-state index in [2.05, 4.69) is 10.4 Å². The summed E-state index contributed by atoms with van der Waals surface area (Å²) in [6, 6.07) is 14.4. The first kappa shape index (κ1) is 21.2. The summed E-state index contributed by atoms with van der Waals surface area (Å²) in [5, 5.41) is 8.49. The normalized spacial score (nSPS) is 10.9. The van der Waals surface area contributed by atoms with Crippen molar-refractivity contribution in [3.05, 3.63) is 76.5 Å². The Kier molecular flexibility index (Phi) is 5.68. The molecule has 0 aliphatic rings. The van der Waals surface area contributed by atoms with Gasteiger partial charge >= 0.3 is 0 Å². The zero-order valence-corrected chi connectivity index (χ0v) is 18.4. The zero-order chi connectivity index (χ0) is 22.8. The topological polar surface area (TPSA) is 87.4 Å². The molecule has 32 heavy (non-hydrogen) atoms. The molecule has 0 radical (unpaired) electrons. The smallest absolute Gasteiger partial charge is 0.281 e. The molecule has 0 saturated heterocycles. The Morgan fingerprint density at radius 1 is 1.03 bits per heavy atom. The van der Waals surface area contributed by atoms with Gasteiger partial charge in [-0.3, -0.25) is 9.59 Å². The molecular weight excluding hydrogens is 408 g/mol. The summed E-state index contributed by atoms with van der Waals surface area (Å²) in [6.45, 7) is 3.76. The van der Waals surface area contributed by atoms with Gasteiger partial charge in [-0.25, -0.2) is 0 Å². The molecule has 0 atom stereocenters. The maximum Gasteiger partial charge on any atom is 0.281 e. The molecule has 0 saturated carbocycles. The number of carbonyl (C=O) groups is 1. The molecule has 2 aromatic carbocycles. The number of aromatic nitrogens is 3. The van der Waals surface area contributed by atoms with Crippen molar-refractivity contribution in [3.63, 3.8) is 0 Å². The minimum Gasteiger partial charge on any atom is -0.497 e. The number of ether oxygens (including phenoxy) is 2. The monoisotopic (exact) mass is 432 g/mol. The molecular formula is C24H24N4O4. The number of carbonyl (C=O) groups excluding carboxylic acids is 1. The van der Waals surface area contributed by atoms with Gasteiger partial charge in [0.15, 0.2) is 0 Å². The molecule has 8 nitrogen and oxygen atoms in total. The van der Waals surface area contributed by atoms with Crippen molar-refractivity contribution in [2.24, 2.45) is 0 Å². The number of nitrogens with zero attached hydrogens (tertiary/aromatic N) is 3. The Bertz CT molecular complexity index is 1360. The van der Waals surface area contributed by atoms with Gasteiger partial charge in [0.25, 0.3) is 5.56 Å². The molecule has 0 fully saturated rings. The molecule has 4 rings (SSSR count). The molecule has 4 aromatic rings. The van der Waals surface area contributed by atoms with Crippen LogP contribution in [0.2, 0.25) is 0 Å². The number of fused-ring (bicyclic) bond motifs is 1. The fourth-order valence-electron chi connectivity index (χ4n) is 3.84. The van der Waals surface area contributed by atoms with Crippen LogP contribution < -0.4 is 20.3 Å². The number of rotatable bonds is 6. The van der Waals surface area contributed by atoms with Crippen molar-refractivity contribution < 1.29 is 14.3 Å². The van der Waals surface area contributed by atoms with E-state index in [-0.39, 0.29) is 18.0 Å². The Balaban J connectivity index is 1.69. The van der Waals surface area contributed by atoms with Crippen LogP contribution in [0.15, 0.2) is 59.5 Å². The van der Waals surface area contributed by atoms with Crippen LogP contribution >= 0.6 is 0 Å². The van der Waals surface area contributed by atoms with Gasteiger partial charge in [-0.1, -0.05) is 18.2 Å². The number of benzene rings is 2. The number of para-hydroxylation sites is 1. The summed E-state index contributed by atoms with van der Waals surface area (Å²) in [7, 11) is 3.09. The second-order valence-electron chi connectivity index (χ2n) is 7.36. The Morgan fingerprint density at radius 3 is 2.47 bits per heavy atom. The first-order valence-corrected chi connectivity index (χ1v) is 10.1. The molecule has 1 amide bonds. The third-order valence-electron chi connectivity index (χ3n) is 5.52. The van der Waals surface area contributed by atoms with E-state index >= 15 is 0 Å². The van der Waals surface area contributed by atoms with Gasteiger partial charge in [0, 0.05) is 22.8 Å². The van der Waals surface area contributed by atoms with Crippen LogP contribution in [0.5, 0.6) is 11.5 Å². The summed E-state index contributed by atoms with van der Waals surface area (Å²) in [4.78, 5) is 26.1. The number of amides is 1. The summed E-state index contributed by atoms with van der Waals surface area (Å²) in [6.07, 6.45) is 1.67. The van der Waals surface area contributed by atoms with Gasteiger partial charge in [-0.05, 0) is 38.1 Å². The number of aryl methyl sites for hydroxylation is 2. The van der Waals surface area contributed by atoms with Crippen LogP contribution in [0.1, 0.15) is 11.4 Å². The van der Waals surface area contributed by atoms with Gasteiger partial charge in [0.1, 0.15) is 18.0 Å². The highest BCUT2D eigenvalue weighted by Gasteiger charge is 2.19. The van der Waals surface area contributed by atoms with Gasteiger partial charge in [0.2, 0.25) is 5.91 Å². The third kappa shape index (κ3) is 3.71. The molecule has 0 spiro atoms. The van der Waals surface area contributed by atoms with Crippen molar-refractivity contribution in [3.8, 4) is 17.2 Å². The highest BCUT2D eigenvalue weighted by atomic mass is 16.5. The molecule has 164 valence electrons. The maximum absolute atomic E-state index is 13.2. The van der Waals surface area contributed by atoms with E-state index in [0.29, 0.717) is 34.0 Å². The van der Waals surface area contributed by atoms with Crippen LogP contribution in [0.3, 0.4) is 0 Å². The summed E-state index contributed by atoms with van der Waals surface area (Å²) >= 11 is 0. The van der Waals surface area contributed by atoms with Crippen molar-refractivity contribution in [1.29, 1.82) is 0 Å². The second kappa shape index (κ2) is 8.58. The largest absolute Gasteiger partial charge is 0.497 e. The molecule has 2 aromatic heterocycles. The van der Waals surface area contributed by atoms with Crippen molar-refractivity contribution in [1.82, 2.24) is 14.3 Å². The first-order valence-electron chi connectivity index (χ1n) is 10.1. The van der Waals surface area contributed by atoms with Gasteiger partial charge in [-0.15, -0.1) is 0 Å². The summed E-state index contributed by atoms with van der Waals surface area (Å²) in [5.41, 5.74) is 2.49. The van der Waals surface area contributed by atoms with Crippen LogP contribution in [0.25, 0.3) is 16.5 Å². The Labute approximate surface area is 185 Å². The van der Waals surface area contributed by atoms with Gasteiger partial charge in [-0.2, -0.15) is 9.78 Å². The predicted molar refractivity (Wildman–Crippen MR) is 123 cm³/mol. The maximum atomic E-state index is 13.2. The zero-order valence-electron chi connectivity index (χ0n) is 18.4. The highest BCUT2D eigenvalue weighted by Crippen LogP contribution is 2.29. The lowest BCUT2D eigenvalue weighted by Gasteiger charge is -2.13. The lowest BCUT2D eigenvalue weighted by atomic mass is 10.2. The van der Waals surface area contributed by atoms with E-state index in [4.69, 9.17) is 9.47 Å². The van der Waals surface area contributed by atoms with E-state index in [1.165, 1.54) is 11.8 Å². The standard InChI is InChI=1S/C24H24N4O4/c1-15-19-13-25-28(17-8-6-5-7-9-17)24(30)23(19)16(2)27(15)14-22(29)26-20-12-18(31-3)10-11-21(20)32-4/h5-13H,14H2,1-4H3,(H,26,29). The van der Waals surface area contributed by atoms with Gasteiger partial charge < -0.3 is 19.4 Å². The Morgan fingerprint density at radius 2 is 1.78 bits per heavy atom. The number of anilines is 1. The highest BCUT2D eigenvalue weighted by molar-refractivity contribution is 5.94. The quantitative estimate of drug-likeness (QED) is 0.504. The number of nitrogens with one attached hydrogen (secondary N) is 1. The molecule has 2 heterocycles. The van der Waals surface area contributed by atoms with E-state index in [1.54, 1.807) is 31.5 Å². The predicted octanol–water partition coefficient (Wildman–Crippen LogP) is 3.46. The van der Waals surface area contributed by atoms with Gasteiger partial charge in [0.05, 0.1) is 37.2 Å². The van der Waals surface area contributed by atoms with E-state index in [0.717, 1.165) is 11.1 Å². The molecule has 0 bridgehead atoms. The molecule has 0 unspecified atom stereocenters. The SMILES string of the molecule is COc1ccc(OC)c(NC(=O)Cn2c(C)c3cnn(-c4ccccc4)c(=O)c3c2C)c1. The van der Waals surface area contributed by atoms with Crippen molar-refractivity contribution in [2.45, 2.75) is 20.4 Å². The Hall–Kier alpha value is -4.07. The van der Waals surface area contributed by atoms with Crippen molar-refractivity contribution >= 4 is 22.4 Å². The van der Waals surface area contributed by atoms with Crippen LogP contribution in [-0.2, 0) is 11.3 Å². The lowest BCUT2D eigenvalue weighted by Crippen LogP contribution is -2.22. The minimum atomic E-state index is -0.251. The fourth-order valence-corrected chi connectivity index (χ4v) is 3.84. The van der Waals surface area contributed by atoms with E-state index in [9.17, 15) is 9.59 Å². The number of methoxy groups -OCH3 is 2. The lowest BCUT2D eigenvalue weighted by molar-refractivity contribution is -0.116. The molecule has 1 N–H and O–H groups in total. The third-order valence-corrected chi connectivity index (χ3v) is 5.52. The number of hydrogen-bond acceptors (Lipinski definition) is 5. The fraction of sp³-hybridized carbons (Fsp3) is 0.208. The van der Waals surface area contributed by atoms with E-state index in [1.807, 2.05) is 48.7 Å². The molecule has 8 heteroatoms. The average molecular weight is 432 g/mol. The number of hydrogen-bond donors (Lipinski definition) is 1. The van der Waals surface area contributed by atoms with Crippen LogP contribution in [0, 0.1) is 13.8 Å². The average Bonchev–Trinajstić information content (AvgIpc) is 3.05. The molecule has 0 aliphatic heterocycles. The van der Waals surface area contributed by atoms with E-state index < -0.39 is 0 Å². The first-order chi connectivity index (χ1) is 15.4. The second-order valence-corrected chi connectivity index (χ2v) is 7.36.